The first kappa shape index (κ1) is 15.3. The summed E-state index contributed by atoms with van der Waals surface area (Å²) < 4.78 is 17.9. The first-order chi connectivity index (χ1) is 9.57. The second-order valence-electron chi connectivity index (χ2n) is 4.86. The summed E-state index contributed by atoms with van der Waals surface area (Å²) in [4.78, 5) is 12.6. The summed E-state index contributed by atoms with van der Waals surface area (Å²) in [5.41, 5.74) is -0.853. The van der Waals surface area contributed by atoms with Gasteiger partial charge in [-0.25, -0.2) is 4.39 Å². The van der Waals surface area contributed by atoms with E-state index in [0.29, 0.717) is 26.1 Å². The zero-order chi connectivity index (χ0) is 14.4. The van der Waals surface area contributed by atoms with Gasteiger partial charge in [0.2, 0.25) is 5.91 Å². The van der Waals surface area contributed by atoms with E-state index in [1.807, 2.05) is 0 Å². The number of carbonyl (C=O) groups excluding carboxylic acids is 1. The summed E-state index contributed by atoms with van der Waals surface area (Å²) in [6, 6.07) is 6.01. The third-order valence-electron chi connectivity index (χ3n) is 3.22. The van der Waals surface area contributed by atoms with E-state index in [9.17, 15) is 14.3 Å². The summed E-state index contributed by atoms with van der Waals surface area (Å²) >= 11 is 1.34. The molecule has 1 aliphatic rings. The molecule has 2 N–H and O–H groups in total. The SMILES string of the molecule is O=C(CSc1ccc(F)cc1)NCC1(O)CCOCC1. The van der Waals surface area contributed by atoms with Gasteiger partial charge >= 0.3 is 0 Å². The van der Waals surface area contributed by atoms with E-state index in [0.717, 1.165) is 4.90 Å². The average Bonchev–Trinajstić information content (AvgIpc) is 2.45. The molecule has 1 aromatic rings. The van der Waals surface area contributed by atoms with E-state index in [1.54, 1.807) is 12.1 Å². The Kier molecular flexibility index (Phi) is 5.39. The third-order valence-corrected chi connectivity index (χ3v) is 4.23. The van der Waals surface area contributed by atoms with Gasteiger partial charge < -0.3 is 15.2 Å². The van der Waals surface area contributed by atoms with Crippen LogP contribution in [0.4, 0.5) is 4.39 Å². The molecule has 0 spiro atoms. The molecule has 0 bridgehead atoms. The molecule has 1 aromatic carbocycles. The standard InChI is InChI=1S/C14H18FNO3S/c15-11-1-3-12(4-2-11)20-9-13(17)16-10-14(18)5-7-19-8-6-14/h1-4,18H,5-10H2,(H,16,17). The monoisotopic (exact) mass is 299 g/mol. The third kappa shape index (κ3) is 4.77. The number of ether oxygens (including phenoxy) is 1. The lowest BCUT2D eigenvalue weighted by atomic mass is 9.94. The van der Waals surface area contributed by atoms with Crippen molar-refractivity contribution < 1.29 is 19.0 Å². The van der Waals surface area contributed by atoms with Crippen LogP contribution >= 0.6 is 11.8 Å². The van der Waals surface area contributed by atoms with Crippen LogP contribution in [0.3, 0.4) is 0 Å². The fourth-order valence-corrected chi connectivity index (χ4v) is 2.65. The van der Waals surface area contributed by atoms with Crippen LogP contribution in [0.2, 0.25) is 0 Å². The van der Waals surface area contributed by atoms with E-state index in [4.69, 9.17) is 4.74 Å². The van der Waals surface area contributed by atoms with Crippen LogP contribution in [0, 0.1) is 5.82 Å². The van der Waals surface area contributed by atoms with E-state index < -0.39 is 5.60 Å². The van der Waals surface area contributed by atoms with Gasteiger partial charge in [0.1, 0.15) is 5.82 Å². The van der Waals surface area contributed by atoms with E-state index in [2.05, 4.69) is 5.32 Å². The highest BCUT2D eigenvalue weighted by Gasteiger charge is 2.29. The van der Waals surface area contributed by atoms with Crippen molar-refractivity contribution in [2.75, 3.05) is 25.5 Å². The zero-order valence-corrected chi connectivity index (χ0v) is 11.9. The maximum absolute atomic E-state index is 12.7. The Morgan fingerprint density at radius 3 is 2.65 bits per heavy atom. The molecule has 6 heteroatoms. The molecule has 0 unspecified atom stereocenters. The molecule has 0 atom stereocenters. The number of thioether (sulfide) groups is 1. The van der Waals surface area contributed by atoms with Crippen molar-refractivity contribution in [3.05, 3.63) is 30.1 Å². The number of hydrogen-bond acceptors (Lipinski definition) is 4. The first-order valence-electron chi connectivity index (χ1n) is 6.53. The minimum atomic E-state index is -0.853. The van der Waals surface area contributed by atoms with Crippen LogP contribution in [0.25, 0.3) is 0 Å². The maximum atomic E-state index is 12.7. The Morgan fingerprint density at radius 1 is 1.35 bits per heavy atom. The number of carbonyl (C=O) groups is 1. The summed E-state index contributed by atoms with van der Waals surface area (Å²) in [5.74, 6) is -0.183. The molecule has 1 amide bonds. The normalized spacial score (nSPS) is 17.7. The number of nitrogens with one attached hydrogen (secondary N) is 1. The van der Waals surface area contributed by atoms with Gasteiger partial charge in [0.25, 0.3) is 0 Å². The molecular weight excluding hydrogens is 281 g/mol. The van der Waals surface area contributed by atoms with Gasteiger partial charge in [-0.2, -0.15) is 0 Å². The van der Waals surface area contributed by atoms with E-state index in [1.165, 1.54) is 23.9 Å². The number of rotatable bonds is 5. The quantitative estimate of drug-likeness (QED) is 0.811. The van der Waals surface area contributed by atoms with E-state index >= 15 is 0 Å². The second-order valence-corrected chi connectivity index (χ2v) is 5.90. The summed E-state index contributed by atoms with van der Waals surface area (Å²) in [7, 11) is 0. The van der Waals surface area contributed by atoms with Crippen molar-refractivity contribution in [3.8, 4) is 0 Å². The second kappa shape index (κ2) is 7.06. The number of halogens is 1. The van der Waals surface area contributed by atoms with Gasteiger partial charge in [0, 0.05) is 37.5 Å². The molecule has 110 valence electrons. The lowest BCUT2D eigenvalue weighted by Gasteiger charge is -2.32. The number of aliphatic hydroxyl groups is 1. The maximum Gasteiger partial charge on any atom is 0.230 e. The Morgan fingerprint density at radius 2 is 2.00 bits per heavy atom. The van der Waals surface area contributed by atoms with Gasteiger partial charge in [0.15, 0.2) is 0 Å². The molecule has 0 aliphatic carbocycles. The van der Waals surface area contributed by atoms with E-state index in [-0.39, 0.29) is 24.0 Å². The van der Waals surface area contributed by atoms with Crippen molar-refractivity contribution in [1.29, 1.82) is 0 Å². The van der Waals surface area contributed by atoms with Crippen molar-refractivity contribution >= 4 is 17.7 Å². The van der Waals surface area contributed by atoms with Crippen LogP contribution in [-0.4, -0.2) is 42.1 Å². The van der Waals surface area contributed by atoms with Crippen LogP contribution < -0.4 is 5.32 Å². The van der Waals surface area contributed by atoms with Crippen molar-refractivity contribution in [2.24, 2.45) is 0 Å². The smallest absolute Gasteiger partial charge is 0.230 e. The lowest BCUT2D eigenvalue weighted by molar-refractivity contribution is -0.121. The molecule has 4 nitrogen and oxygen atoms in total. The predicted octanol–water partition coefficient (Wildman–Crippen LogP) is 1.58. The highest BCUT2D eigenvalue weighted by atomic mass is 32.2. The summed E-state index contributed by atoms with van der Waals surface area (Å²) in [6.45, 7) is 1.30. The zero-order valence-electron chi connectivity index (χ0n) is 11.1. The fourth-order valence-electron chi connectivity index (χ4n) is 1.92. The molecule has 1 heterocycles. The lowest BCUT2D eigenvalue weighted by Crippen LogP contribution is -2.47. The van der Waals surface area contributed by atoms with Crippen LogP contribution in [0.15, 0.2) is 29.2 Å². The minimum absolute atomic E-state index is 0.140. The van der Waals surface area contributed by atoms with Gasteiger partial charge in [-0.1, -0.05) is 0 Å². The van der Waals surface area contributed by atoms with Gasteiger partial charge in [-0.05, 0) is 24.3 Å². The Balaban J connectivity index is 1.71. The number of hydrogen-bond donors (Lipinski definition) is 2. The van der Waals surface area contributed by atoms with Crippen molar-refractivity contribution in [2.45, 2.75) is 23.3 Å². The van der Waals surface area contributed by atoms with Gasteiger partial charge in [-0.3, -0.25) is 4.79 Å². The number of amides is 1. The van der Waals surface area contributed by atoms with Gasteiger partial charge in [-0.15, -0.1) is 11.8 Å². The topological polar surface area (TPSA) is 58.6 Å². The average molecular weight is 299 g/mol. The fraction of sp³-hybridized carbons (Fsp3) is 0.500. The van der Waals surface area contributed by atoms with Crippen molar-refractivity contribution in [3.63, 3.8) is 0 Å². The van der Waals surface area contributed by atoms with Crippen LogP contribution in [0.5, 0.6) is 0 Å². The van der Waals surface area contributed by atoms with Gasteiger partial charge in [0.05, 0.1) is 11.4 Å². The molecule has 0 radical (unpaired) electrons. The minimum Gasteiger partial charge on any atom is -0.388 e. The molecule has 20 heavy (non-hydrogen) atoms. The molecule has 0 aromatic heterocycles. The molecule has 1 aliphatic heterocycles. The highest BCUT2D eigenvalue weighted by Crippen LogP contribution is 2.20. The Labute approximate surface area is 121 Å². The molecule has 2 rings (SSSR count). The molecule has 1 saturated heterocycles. The van der Waals surface area contributed by atoms with Crippen LogP contribution in [-0.2, 0) is 9.53 Å². The largest absolute Gasteiger partial charge is 0.388 e. The molecule has 0 saturated carbocycles. The highest BCUT2D eigenvalue weighted by molar-refractivity contribution is 8.00. The van der Waals surface area contributed by atoms with Crippen LogP contribution in [0.1, 0.15) is 12.8 Å². The Hall–Kier alpha value is -1.11. The Bertz CT molecular complexity index is 446. The summed E-state index contributed by atoms with van der Waals surface area (Å²) in [6.07, 6.45) is 1.08. The molecular formula is C14H18FNO3S. The molecule has 1 fully saturated rings. The first-order valence-corrected chi connectivity index (χ1v) is 7.51. The number of benzene rings is 1. The summed E-state index contributed by atoms with van der Waals surface area (Å²) in [5, 5.41) is 12.9. The van der Waals surface area contributed by atoms with Crippen molar-refractivity contribution in [1.82, 2.24) is 5.32 Å². The predicted molar refractivity (Wildman–Crippen MR) is 75.1 cm³/mol.